The fourth-order valence-electron chi connectivity index (χ4n) is 3.73. The Bertz CT molecular complexity index is 869. The predicted molar refractivity (Wildman–Crippen MR) is 104 cm³/mol. The molecule has 0 aromatic heterocycles. The van der Waals surface area contributed by atoms with Crippen molar-refractivity contribution >= 4 is 16.2 Å². The maximum atomic E-state index is 12.7. The van der Waals surface area contributed by atoms with Gasteiger partial charge in [-0.15, -0.1) is 0 Å². The van der Waals surface area contributed by atoms with E-state index in [-0.39, 0.29) is 23.4 Å². The molecule has 0 heterocycles. The van der Waals surface area contributed by atoms with Crippen molar-refractivity contribution in [3.8, 4) is 5.75 Å². The zero-order valence-electron chi connectivity index (χ0n) is 15.9. The molecule has 0 amide bonds. The Morgan fingerprint density at radius 1 is 0.897 bits per heavy atom. The van der Waals surface area contributed by atoms with Crippen LogP contribution in [0.4, 0.5) is 19.4 Å². The van der Waals surface area contributed by atoms with E-state index >= 15 is 0 Å². The zero-order valence-corrected chi connectivity index (χ0v) is 16.7. The molecule has 8 heteroatoms. The molecule has 1 fully saturated rings. The summed E-state index contributed by atoms with van der Waals surface area (Å²) in [6.07, 6.45) is 5.81. The largest absolute Gasteiger partial charge is 0.423 e. The van der Waals surface area contributed by atoms with Crippen molar-refractivity contribution in [3.63, 3.8) is 0 Å². The van der Waals surface area contributed by atoms with Gasteiger partial charge in [-0.2, -0.15) is 0 Å². The van der Waals surface area contributed by atoms with Crippen molar-refractivity contribution in [2.24, 2.45) is 5.92 Å². The van der Waals surface area contributed by atoms with E-state index in [9.17, 15) is 24.2 Å². The number of hydrogen-bond acceptors (Lipinski definition) is 2. The van der Waals surface area contributed by atoms with E-state index in [4.69, 9.17) is 4.74 Å². The van der Waals surface area contributed by atoms with Crippen LogP contribution >= 0.6 is 10.2 Å². The highest BCUT2D eigenvalue weighted by Gasteiger charge is 2.65. The van der Waals surface area contributed by atoms with Crippen LogP contribution in [-0.2, 0) is 0 Å². The van der Waals surface area contributed by atoms with E-state index in [1.54, 1.807) is 12.1 Å². The minimum atomic E-state index is -9.74. The minimum absolute atomic E-state index is 0.222. The highest BCUT2D eigenvalue weighted by molar-refractivity contribution is 8.45. The average Bonchev–Trinajstić information content (AvgIpc) is 2.67. The normalized spacial score (nSPS) is 22.4. The molecule has 0 radical (unpaired) electrons. The molecular formula is C21H23F5O2S. The van der Waals surface area contributed by atoms with Crippen molar-refractivity contribution in [2.75, 3.05) is 0 Å². The maximum Gasteiger partial charge on any atom is 0.343 e. The molecule has 0 saturated heterocycles. The molecule has 1 aliphatic rings. The van der Waals surface area contributed by atoms with Gasteiger partial charge >= 0.3 is 16.2 Å². The third-order valence-electron chi connectivity index (χ3n) is 5.52. The number of carbonyl (C=O) groups is 1. The van der Waals surface area contributed by atoms with Gasteiger partial charge in [0.05, 0.1) is 5.56 Å². The number of carbonyl (C=O) groups excluding carboxylic acids is 1. The third-order valence-corrected chi connectivity index (χ3v) is 6.68. The lowest BCUT2D eigenvalue weighted by molar-refractivity contribution is 0.0734. The molecule has 0 atom stereocenters. The molecule has 3 rings (SSSR count). The first-order valence-electron chi connectivity index (χ1n) is 9.52. The minimum Gasteiger partial charge on any atom is -0.423 e. The summed E-state index contributed by atoms with van der Waals surface area (Å²) in [7, 11) is -9.74. The number of rotatable bonds is 5. The lowest BCUT2D eigenvalue weighted by Crippen LogP contribution is -2.13. The Labute approximate surface area is 166 Å². The second kappa shape index (κ2) is 7.00. The quantitative estimate of drug-likeness (QED) is 0.269. The highest BCUT2D eigenvalue weighted by atomic mass is 32.5. The van der Waals surface area contributed by atoms with Crippen molar-refractivity contribution in [3.05, 3.63) is 59.7 Å². The molecule has 160 valence electrons. The number of halogens is 5. The van der Waals surface area contributed by atoms with Crippen LogP contribution in [0.25, 0.3) is 0 Å². The van der Waals surface area contributed by atoms with Crippen LogP contribution in [0.2, 0.25) is 0 Å². The molecular weight excluding hydrogens is 411 g/mol. The Morgan fingerprint density at radius 2 is 1.45 bits per heavy atom. The SMILES string of the molecule is CC[C@H]1CC[C@H](c2ccc(C(=O)Oc3ccc(S(F)(F)(F)(F)F)cc3)cc2)CC1. The first-order valence-corrected chi connectivity index (χ1v) is 11.5. The summed E-state index contributed by atoms with van der Waals surface area (Å²) in [5, 5.41) is 0. The highest BCUT2D eigenvalue weighted by Crippen LogP contribution is 3.02. The van der Waals surface area contributed by atoms with Crippen molar-refractivity contribution in [2.45, 2.75) is 49.8 Å². The molecule has 0 bridgehead atoms. The maximum absolute atomic E-state index is 12.7. The standard InChI is InChI=1S/C21H23F5O2S/c1-2-15-3-5-16(6-4-15)17-7-9-18(10-8-17)21(27)28-19-11-13-20(14-12-19)29(22,23,24,25)26/h7-16H,2-6H2,1H3/t15-,16-. The van der Waals surface area contributed by atoms with Crippen molar-refractivity contribution < 1.29 is 29.0 Å². The summed E-state index contributed by atoms with van der Waals surface area (Å²) in [6, 6.07) is 8.84. The summed E-state index contributed by atoms with van der Waals surface area (Å²) < 4.78 is 68.7. The van der Waals surface area contributed by atoms with Gasteiger partial charge in [-0.05, 0) is 79.5 Å². The van der Waals surface area contributed by atoms with Crippen LogP contribution in [0.1, 0.15) is 60.9 Å². The van der Waals surface area contributed by atoms with Gasteiger partial charge in [-0.3, -0.25) is 0 Å². The summed E-state index contributed by atoms with van der Waals surface area (Å²) >= 11 is 0. The van der Waals surface area contributed by atoms with Gasteiger partial charge in [0, 0.05) is 0 Å². The number of esters is 1. The number of benzene rings is 2. The van der Waals surface area contributed by atoms with Gasteiger partial charge < -0.3 is 4.74 Å². The second-order valence-corrected chi connectivity index (χ2v) is 9.99. The molecule has 1 aliphatic carbocycles. The zero-order chi connectivity index (χ0) is 21.3. The van der Waals surface area contributed by atoms with Gasteiger partial charge in [0.15, 0.2) is 0 Å². The Kier molecular flexibility index (Phi) is 5.22. The van der Waals surface area contributed by atoms with Crippen LogP contribution in [-0.4, -0.2) is 5.97 Å². The smallest absolute Gasteiger partial charge is 0.343 e. The summed E-state index contributed by atoms with van der Waals surface area (Å²) in [4.78, 5) is 10.2. The molecule has 2 aromatic rings. The molecule has 2 nitrogen and oxygen atoms in total. The third kappa shape index (κ3) is 5.50. The van der Waals surface area contributed by atoms with Gasteiger partial charge in [0.1, 0.15) is 10.6 Å². The van der Waals surface area contributed by atoms with Crippen molar-refractivity contribution in [1.82, 2.24) is 0 Å². The molecule has 29 heavy (non-hydrogen) atoms. The van der Waals surface area contributed by atoms with E-state index in [1.165, 1.54) is 19.3 Å². The van der Waals surface area contributed by atoms with Crippen LogP contribution < -0.4 is 4.74 Å². The summed E-state index contributed by atoms with van der Waals surface area (Å²) in [6.45, 7) is 2.20. The van der Waals surface area contributed by atoms with Gasteiger partial charge in [0.2, 0.25) is 0 Å². The Hall–Kier alpha value is -2.09. The van der Waals surface area contributed by atoms with E-state index in [1.807, 2.05) is 12.1 Å². The molecule has 0 aliphatic heterocycles. The lowest BCUT2D eigenvalue weighted by atomic mass is 9.78. The predicted octanol–water partition coefficient (Wildman–Crippen LogP) is 8.25. The molecule has 0 N–H and O–H groups in total. The fraction of sp³-hybridized carbons (Fsp3) is 0.381. The molecule has 2 aromatic carbocycles. The Morgan fingerprint density at radius 3 is 1.93 bits per heavy atom. The van der Waals surface area contributed by atoms with E-state index in [0.29, 0.717) is 18.1 Å². The van der Waals surface area contributed by atoms with E-state index in [2.05, 4.69) is 6.92 Å². The second-order valence-electron chi connectivity index (χ2n) is 7.58. The summed E-state index contributed by atoms with van der Waals surface area (Å²) in [5.41, 5.74) is 1.39. The van der Waals surface area contributed by atoms with Gasteiger partial charge in [-0.25, -0.2) is 4.79 Å². The van der Waals surface area contributed by atoms with Crippen LogP contribution in [0.15, 0.2) is 53.4 Å². The van der Waals surface area contributed by atoms with E-state index in [0.717, 1.165) is 24.3 Å². The van der Waals surface area contributed by atoms with Crippen molar-refractivity contribution in [1.29, 1.82) is 0 Å². The number of ether oxygens (including phenoxy) is 1. The number of hydrogen-bond donors (Lipinski definition) is 0. The van der Waals surface area contributed by atoms with Crippen LogP contribution in [0.5, 0.6) is 5.75 Å². The van der Waals surface area contributed by atoms with Crippen LogP contribution in [0, 0.1) is 5.92 Å². The van der Waals surface area contributed by atoms with Gasteiger partial charge in [0.25, 0.3) is 0 Å². The Balaban J connectivity index is 1.64. The van der Waals surface area contributed by atoms with Gasteiger partial charge in [-0.1, -0.05) is 44.9 Å². The average molecular weight is 434 g/mol. The lowest BCUT2D eigenvalue weighted by Gasteiger charge is -2.40. The van der Waals surface area contributed by atoms with E-state index < -0.39 is 21.1 Å². The monoisotopic (exact) mass is 434 g/mol. The van der Waals surface area contributed by atoms with Crippen LogP contribution in [0.3, 0.4) is 0 Å². The molecule has 1 saturated carbocycles. The topological polar surface area (TPSA) is 26.3 Å². The first kappa shape index (κ1) is 21.6. The fourth-order valence-corrected chi connectivity index (χ4v) is 4.38. The first-order chi connectivity index (χ1) is 13.4. The molecule has 0 spiro atoms. The molecule has 0 unspecified atom stereocenters. The summed E-state index contributed by atoms with van der Waals surface area (Å²) in [5.74, 6) is 0.252.